The molecule has 3 saturated heterocycles. The second-order valence-corrected chi connectivity index (χ2v) is 14.7. The summed E-state index contributed by atoms with van der Waals surface area (Å²) in [7, 11) is 0. The van der Waals surface area contributed by atoms with Gasteiger partial charge in [-0.3, -0.25) is 9.48 Å². The molecule has 14 heteroatoms. The van der Waals surface area contributed by atoms with Crippen molar-refractivity contribution in [1.82, 2.24) is 34.9 Å². The number of carbonyl (C=O) groups is 2. The van der Waals surface area contributed by atoms with E-state index in [2.05, 4.69) is 35.5 Å². The molecule has 3 aliphatic rings. The summed E-state index contributed by atoms with van der Waals surface area (Å²) in [6, 6.07) is 14.2. The Kier molecular flexibility index (Phi) is 13.6. The molecule has 2 aromatic carbocycles. The molecular weight excluding hydrogens is 709 g/mol. The van der Waals surface area contributed by atoms with Crippen molar-refractivity contribution >= 4 is 35.8 Å². The minimum atomic E-state index is -1.32. The van der Waals surface area contributed by atoms with Crippen LogP contribution in [0.25, 0.3) is 11.3 Å². The summed E-state index contributed by atoms with van der Waals surface area (Å²) in [6.07, 6.45) is 12.5. The molecule has 4 N–H and O–H groups in total. The number of nitrogens with two attached hydrogens (primary N) is 1. The van der Waals surface area contributed by atoms with Gasteiger partial charge >= 0.3 is 5.97 Å². The van der Waals surface area contributed by atoms with Gasteiger partial charge in [-0.05, 0) is 114 Å². The number of nitrogens with one attached hydrogen (secondary N) is 2. The van der Waals surface area contributed by atoms with Crippen molar-refractivity contribution in [2.24, 2.45) is 11.8 Å². The van der Waals surface area contributed by atoms with Crippen LogP contribution in [0.3, 0.4) is 0 Å². The van der Waals surface area contributed by atoms with Crippen LogP contribution in [0.1, 0.15) is 73.1 Å². The molecule has 2 aromatic heterocycles. The maximum absolute atomic E-state index is 13.5. The summed E-state index contributed by atoms with van der Waals surface area (Å²) in [4.78, 5) is 40.9. The molecule has 12 nitrogen and oxygen atoms in total. The fourth-order valence-electron chi connectivity index (χ4n) is 7.82. The number of halogens is 2. The van der Waals surface area contributed by atoms with Crippen LogP contribution in [-0.2, 0) is 9.53 Å². The lowest BCUT2D eigenvalue weighted by atomic mass is 9.91. The number of likely N-dealkylation sites (tertiary alicyclic amines) is 2. The van der Waals surface area contributed by atoms with Gasteiger partial charge in [0, 0.05) is 42.6 Å². The summed E-state index contributed by atoms with van der Waals surface area (Å²) in [5, 5.41) is 10.8. The lowest BCUT2D eigenvalue weighted by Crippen LogP contribution is -2.41. The van der Waals surface area contributed by atoms with Gasteiger partial charge in [-0.15, -0.1) is 12.4 Å². The van der Waals surface area contributed by atoms with Crippen molar-refractivity contribution < 1.29 is 18.7 Å². The zero-order valence-electron chi connectivity index (χ0n) is 30.6. The first-order valence-electron chi connectivity index (χ1n) is 19.0. The van der Waals surface area contributed by atoms with Gasteiger partial charge in [-0.2, -0.15) is 5.10 Å². The summed E-state index contributed by atoms with van der Waals surface area (Å²) >= 11 is 0. The molecule has 288 valence electrons. The molecule has 1 amide bonds. The zero-order chi connectivity index (χ0) is 36.6. The van der Waals surface area contributed by atoms with Crippen molar-refractivity contribution in [2.45, 2.75) is 57.1 Å². The van der Waals surface area contributed by atoms with Crippen LogP contribution in [0.5, 0.6) is 0 Å². The highest BCUT2D eigenvalue weighted by molar-refractivity contribution is 5.99. The van der Waals surface area contributed by atoms with Crippen LogP contribution in [0.2, 0.25) is 0 Å². The molecule has 1 atom stereocenters. The summed E-state index contributed by atoms with van der Waals surface area (Å²) in [5.41, 5.74) is 7.82. The number of amides is 1. The van der Waals surface area contributed by atoms with E-state index in [1.54, 1.807) is 36.5 Å². The molecule has 4 aromatic rings. The number of esters is 1. The third kappa shape index (κ3) is 10.2. The van der Waals surface area contributed by atoms with Gasteiger partial charge < -0.3 is 30.9 Å². The van der Waals surface area contributed by atoms with Crippen LogP contribution in [0, 0.1) is 17.7 Å². The number of hydrogen-bond acceptors (Lipinski definition) is 10. The van der Waals surface area contributed by atoms with Crippen molar-refractivity contribution in [3.63, 3.8) is 0 Å². The monoisotopic (exact) mass is 759 g/mol. The first-order valence-corrected chi connectivity index (χ1v) is 19.0. The molecule has 0 saturated carbocycles. The molecular formula is C40H51ClFN9O3. The Balaban J connectivity index is 0.00000497. The van der Waals surface area contributed by atoms with Crippen LogP contribution in [0.15, 0.2) is 73.2 Å². The molecule has 3 fully saturated rings. The van der Waals surface area contributed by atoms with E-state index in [-0.39, 0.29) is 30.0 Å². The first-order chi connectivity index (χ1) is 25.9. The predicted molar refractivity (Wildman–Crippen MR) is 209 cm³/mol. The number of hydrogen-bond donors (Lipinski definition) is 3. The maximum Gasteiger partial charge on any atom is 0.361 e. The van der Waals surface area contributed by atoms with Gasteiger partial charge in [0.2, 0.25) is 6.10 Å². The fraction of sp³-hybridized carbons (Fsp3) is 0.475. The van der Waals surface area contributed by atoms with Crippen LogP contribution >= 0.6 is 12.4 Å². The molecule has 0 spiro atoms. The number of nitrogen functional groups attached to an aromatic ring is 1. The summed E-state index contributed by atoms with van der Waals surface area (Å²) < 4.78 is 21.1. The van der Waals surface area contributed by atoms with Gasteiger partial charge in [-0.25, -0.2) is 19.2 Å². The van der Waals surface area contributed by atoms with E-state index in [0.29, 0.717) is 22.5 Å². The van der Waals surface area contributed by atoms with Crippen LogP contribution < -0.4 is 16.4 Å². The van der Waals surface area contributed by atoms with E-state index in [1.807, 2.05) is 10.9 Å². The minimum Gasteiger partial charge on any atom is -0.442 e. The summed E-state index contributed by atoms with van der Waals surface area (Å²) in [5.74, 6) is -0.369. The highest BCUT2D eigenvalue weighted by atomic mass is 35.5. The summed E-state index contributed by atoms with van der Waals surface area (Å²) in [6.45, 7) is 9.40. The van der Waals surface area contributed by atoms with Gasteiger partial charge in [0.1, 0.15) is 5.82 Å². The first kappa shape index (κ1) is 39.3. The number of anilines is 2. The number of nitrogens with zero attached hydrogens (tertiary/aromatic N) is 6. The Bertz CT molecular complexity index is 1810. The van der Waals surface area contributed by atoms with Gasteiger partial charge in [0.15, 0.2) is 11.5 Å². The molecule has 5 heterocycles. The molecule has 7 rings (SSSR count). The number of carbonyl (C=O) groups excluding carboxylic acids is 2. The second kappa shape index (κ2) is 18.7. The van der Waals surface area contributed by atoms with Crippen LogP contribution in [-0.4, -0.2) is 93.8 Å². The average Bonchev–Trinajstić information content (AvgIpc) is 3.69. The topological polar surface area (TPSA) is 144 Å². The quantitative estimate of drug-likeness (QED) is 0.153. The third-order valence-electron chi connectivity index (χ3n) is 11.0. The highest BCUT2D eigenvalue weighted by Gasteiger charge is 2.29. The third-order valence-corrected chi connectivity index (χ3v) is 11.0. The largest absolute Gasteiger partial charge is 0.442 e. The second-order valence-electron chi connectivity index (χ2n) is 14.7. The van der Waals surface area contributed by atoms with E-state index < -0.39 is 23.8 Å². The Morgan fingerprint density at radius 2 is 1.61 bits per heavy atom. The Morgan fingerprint density at radius 1 is 0.907 bits per heavy atom. The number of benzene rings is 2. The van der Waals surface area contributed by atoms with Gasteiger partial charge in [0.05, 0.1) is 24.1 Å². The predicted octanol–water partition coefficient (Wildman–Crippen LogP) is 5.76. The van der Waals surface area contributed by atoms with Crippen molar-refractivity contribution in [3.8, 4) is 11.3 Å². The number of piperidine rings is 3. The van der Waals surface area contributed by atoms with Crippen molar-refractivity contribution in [1.29, 1.82) is 0 Å². The standard InChI is InChI=1S/C40H50FN9O3.ClH/c41-32-6-8-33(9-7-32)46-39(51)37(30-4-2-1-3-5-30)53-40(52)36-38(42)44-25-35(47-36)31-24-45-50(27-31)34-15-22-48(23-16-34)19-12-28-13-20-49(21-14-28)26-29-10-17-43-18-11-29;/h1-9,24-25,27-29,34,37,43H,10-23,26H2,(H2,42,44)(H,46,51);1H/t37-;/m1./s1. The average molecular weight is 760 g/mol. The van der Waals surface area contributed by atoms with Gasteiger partial charge in [0.25, 0.3) is 5.91 Å². The number of rotatable bonds is 12. The normalized spacial score (nSPS) is 18.5. The number of ether oxygens (including phenoxy) is 1. The van der Waals surface area contributed by atoms with Gasteiger partial charge in [-0.1, -0.05) is 30.3 Å². The zero-order valence-corrected chi connectivity index (χ0v) is 31.4. The lowest BCUT2D eigenvalue weighted by Gasteiger charge is -2.37. The molecule has 0 bridgehead atoms. The Morgan fingerprint density at radius 3 is 2.33 bits per heavy atom. The van der Waals surface area contributed by atoms with E-state index in [9.17, 15) is 14.0 Å². The van der Waals surface area contributed by atoms with Crippen molar-refractivity contribution in [2.75, 3.05) is 63.4 Å². The van der Waals surface area contributed by atoms with E-state index in [4.69, 9.17) is 10.5 Å². The van der Waals surface area contributed by atoms with Crippen LogP contribution in [0.4, 0.5) is 15.9 Å². The fourth-order valence-corrected chi connectivity index (χ4v) is 7.82. The minimum absolute atomic E-state index is 0. The highest BCUT2D eigenvalue weighted by Crippen LogP contribution is 2.29. The van der Waals surface area contributed by atoms with Crippen molar-refractivity contribution in [3.05, 3.63) is 90.3 Å². The van der Waals surface area contributed by atoms with E-state index in [0.717, 1.165) is 44.3 Å². The lowest BCUT2D eigenvalue weighted by molar-refractivity contribution is -0.125. The Labute approximate surface area is 322 Å². The molecule has 0 unspecified atom stereocenters. The smallest absolute Gasteiger partial charge is 0.361 e. The SMILES string of the molecule is Cl.Nc1ncc(-c2cnn(C3CCN(CCC4CCN(CC5CCNCC5)CC4)CC3)c2)nc1C(=O)O[C@@H](C(=O)Nc1ccc(F)cc1)c1ccccc1. The molecule has 3 aliphatic heterocycles. The number of aromatic nitrogens is 4. The molecule has 54 heavy (non-hydrogen) atoms. The van der Waals surface area contributed by atoms with E-state index >= 15 is 0 Å². The van der Waals surface area contributed by atoms with E-state index in [1.165, 1.54) is 95.3 Å². The maximum atomic E-state index is 13.5. The molecule has 0 aliphatic carbocycles. The molecule has 0 radical (unpaired) electrons. The Hall–Kier alpha value is -4.43.